The van der Waals surface area contributed by atoms with Crippen molar-refractivity contribution < 1.29 is 9.90 Å². The second kappa shape index (κ2) is 2.38. The van der Waals surface area contributed by atoms with Crippen LogP contribution in [-0.4, -0.2) is 21.0 Å². The van der Waals surface area contributed by atoms with Crippen molar-refractivity contribution >= 4 is 6.09 Å². The van der Waals surface area contributed by atoms with Crippen LogP contribution in [0.5, 0.6) is 0 Å². The van der Waals surface area contributed by atoms with Gasteiger partial charge in [0.2, 0.25) is 0 Å². The van der Waals surface area contributed by atoms with Gasteiger partial charge in [-0.05, 0) is 26.3 Å². The van der Waals surface area contributed by atoms with Crippen molar-refractivity contribution in [1.82, 2.24) is 9.78 Å². The maximum absolute atomic E-state index is 10.5. The van der Waals surface area contributed by atoms with E-state index in [1.54, 1.807) is 13.8 Å². The van der Waals surface area contributed by atoms with E-state index in [0.717, 1.165) is 15.9 Å². The highest BCUT2D eigenvalue weighted by atomic mass is 16.4. The Kier molecular flexibility index (Phi) is 1.68. The second-order valence-electron chi connectivity index (χ2n) is 2.49. The average Bonchev–Trinajstić information content (AvgIpc) is 2.17. The van der Waals surface area contributed by atoms with Crippen LogP contribution in [-0.2, 0) is 0 Å². The lowest BCUT2D eigenvalue weighted by Gasteiger charge is -1.93. The number of hydrogen-bond donors (Lipinski definition) is 1. The monoisotopic (exact) mass is 154 g/mol. The Balaban J connectivity index is 3.29. The van der Waals surface area contributed by atoms with Crippen molar-refractivity contribution in [2.75, 3.05) is 0 Å². The first-order valence-corrected chi connectivity index (χ1v) is 3.30. The molecule has 1 heterocycles. The van der Waals surface area contributed by atoms with Gasteiger partial charge in [0.05, 0.1) is 11.4 Å². The lowest BCUT2D eigenvalue weighted by molar-refractivity contribution is 0.192. The van der Waals surface area contributed by atoms with E-state index in [1.807, 2.05) is 6.92 Å². The van der Waals surface area contributed by atoms with Gasteiger partial charge >= 0.3 is 6.09 Å². The molecule has 11 heavy (non-hydrogen) atoms. The largest absolute Gasteiger partial charge is 0.463 e. The first-order valence-electron chi connectivity index (χ1n) is 3.30. The number of hydrogen-bond acceptors (Lipinski definition) is 2. The van der Waals surface area contributed by atoms with Gasteiger partial charge in [0.15, 0.2) is 0 Å². The van der Waals surface area contributed by atoms with Gasteiger partial charge in [0.25, 0.3) is 0 Å². The molecule has 0 fully saturated rings. The molecule has 0 saturated heterocycles. The third kappa shape index (κ3) is 1.11. The van der Waals surface area contributed by atoms with Gasteiger partial charge in [-0.25, -0.2) is 4.79 Å². The van der Waals surface area contributed by atoms with Crippen LogP contribution in [0.2, 0.25) is 0 Å². The molecule has 1 aromatic rings. The van der Waals surface area contributed by atoms with Gasteiger partial charge in [-0.3, -0.25) is 0 Å². The standard InChI is InChI=1S/C7H10N2O2/c1-4-5(2)8-9(6(4)3)7(10)11/h1-3H3,(H,10,11). The van der Waals surface area contributed by atoms with Crippen LogP contribution in [0.25, 0.3) is 0 Å². The molecule has 1 aromatic heterocycles. The van der Waals surface area contributed by atoms with E-state index in [4.69, 9.17) is 5.11 Å². The Morgan fingerprint density at radius 3 is 2.18 bits per heavy atom. The summed E-state index contributed by atoms with van der Waals surface area (Å²) in [7, 11) is 0. The lowest BCUT2D eigenvalue weighted by atomic mass is 10.2. The lowest BCUT2D eigenvalue weighted by Crippen LogP contribution is -2.11. The molecule has 0 atom stereocenters. The van der Waals surface area contributed by atoms with E-state index < -0.39 is 6.09 Å². The smallest absolute Gasteiger partial charge is 0.432 e. The van der Waals surface area contributed by atoms with E-state index in [-0.39, 0.29) is 0 Å². The molecule has 0 aromatic carbocycles. The molecule has 4 heteroatoms. The Morgan fingerprint density at radius 1 is 1.45 bits per heavy atom. The summed E-state index contributed by atoms with van der Waals surface area (Å²) in [6, 6.07) is 0. The zero-order valence-electron chi connectivity index (χ0n) is 6.75. The minimum Gasteiger partial charge on any atom is -0.463 e. The number of carbonyl (C=O) groups is 1. The van der Waals surface area contributed by atoms with Gasteiger partial charge < -0.3 is 5.11 Å². The Bertz CT molecular complexity index is 302. The first-order chi connectivity index (χ1) is 5.04. The summed E-state index contributed by atoms with van der Waals surface area (Å²) in [6.45, 7) is 5.39. The summed E-state index contributed by atoms with van der Waals surface area (Å²) in [6.07, 6.45) is -1.03. The van der Waals surface area contributed by atoms with Crippen LogP contribution in [0, 0.1) is 20.8 Å². The quantitative estimate of drug-likeness (QED) is 0.613. The van der Waals surface area contributed by atoms with E-state index in [0.29, 0.717) is 5.69 Å². The molecule has 1 N–H and O–H groups in total. The SMILES string of the molecule is Cc1nn(C(=O)O)c(C)c1C. The van der Waals surface area contributed by atoms with E-state index >= 15 is 0 Å². The maximum Gasteiger partial charge on any atom is 0.432 e. The molecule has 1 rings (SSSR count). The molecule has 0 amide bonds. The molecule has 0 spiro atoms. The Labute approximate surface area is 64.5 Å². The molecule has 60 valence electrons. The number of rotatable bonds is 0. The van der Waals surface area contributed by atoms with Crippen molar-refractivity contribution in [3.63, 3.8) is 0 Å². The molecule has 0 aliphatic rings. The fraction of sp³-hybridized carbons (Fsp3) is 0.429. The molecule has 0 radical (unpaired) electrons. The normalized spacial score (nSPS) is 10.1. The van der Waals surface area contributed by atoms with Gasteiger partial charge in [-0.15, -0.1) is 0 Å². The molecule has 0 aliphatic carbocycles. The molecular weight excluding hydrogens is 144 g/mol. The summed E-state index contributed by atoms with van der Waals surface area (Å²) < 4.78 is 0.991. The number of aromatic nitrogens is 2. The second-order valence-corrected chi connectivity index (χ2v) is 2.49. The zero-order chi connectivity index (χ0) is 8.59. The first kappa shape index (κ1) is 7.78. The van der Waals surface area contributed by atoms with Gasteiger partial charge in [0.1, 0.15) is 0 Å². The van der Waals surface area contributed by atoms with E-state index in [9.17, 15) is 4.79 Å². The molecule has 0 aliphatic heterocycles. The van der Waals surface area contributed by atoms with Crippen molar-refractivity contribution in [2.24, 2.45) is 0 Å². The van der Waals surface area contributed by atoms with E-state index in [2.05, 4.69) is 5.10 Å². The Morgan fingerprint density at radius 2 is 2.00 bits per heavy atom. The van der Waals surface area contributed by atoms with Crippen molar-refractivity contribution in [3.8, 4) is 0 Å². The minimum atomic E-state index is -1.03. The van der Waals surface area contributed by atoms with Crippen LogP contribution in [0.3, 0.4) is 0 Å². The molecule has 0 bridgehead atoms. The molecule has 0 saturated carbocycles. The van der Waals surface area contributed by atoms with Crippen LogP contribution in [0.1, 0.15) is 17.0 Å². The van der Waals surface area contributed by atoms with Crippen molar-refractivity contribution in [1.29, 1.82) is 0 Å². The van der Waals surface area contributed by atoms with Crippen LogP contribution < -0.4 is 0 Å². The highest BCUT2D eigenvalue weighted by Gasteiger charge is 2.11. The average molecular weight is 154 g/mol. The van der Waals surface area contributed by atoms with Crippen LogP contribution in [0.15, 0.2) is 0 Å². The van der Waals surface area contributed by atoms with E-state index in [1.165, 1.54) is 0 Å². The third-order valence-corrected chi connectivity index (χ3v) is 1.83. The number of nitrogens with zero attached hydrogens (tertiary/aromatic N) is 2. The van der Waals surface area contributed by atoms with Crippen LogP contribution in [0.4, 0.5) is 4.79 Å². The number of carboxylic acid groups (broad SMARTS) is 1. The maximum atomic E-state index is 10.5. The topological polar surface area (TPSA) is 55.1 Å². The van der Waals surface area contributed by atoms with Crippen molar-refractivity contribution in [2.45, 2.75) is 20.8 Å². The summed E-state index contributed by atoms with van der Waals surface area (Å²) in [4.78, 5) is 10.5. The van der Waals surface area contributed by atoms with Crippen LogP contribution >= 0.6 is 0 Å². The summed E-state index contributed by atoms with van der Waals surface area (Å²) >= 11 is 0. The molecular formula is C7H10N2O2. The third-order valence-electron chi connectivity index (χ3n) is 1.83. The fourth-order valence-corrected chi connectivity index (χ4v) is 0.907. The summed E-state index contributed by atoms with van der Waals surface area (Å²) in [5, 5.41) is 12.4. The van der Waals surface area contributed by atoms with Gasteiger partial charge in [-0.1, -0.05) is 0 Å². The number of aryl methyl sites for hydroxylation is 1. The van der Waals surface area contributed by atoms with Gasteiger partial charge in [0, 0.05) is 0 Å². The summed E-state index contributed by atoms with van der Waals surface area (Å²) in [5.74, 6) is 0. The zero-order valence-corrected chi connectivity index (χ0v) is 6.75. The Hall–Kier alpha value is -1.32. The minimum absolute atomic E-state index is 0.690. The molecule has 4 nitrogen and oxygen atoms in total. The predicted molar refractivity (Wildman–Crippen MR) is 39.9 cm³/mol. The highest BCUT2D eigenvalue weighted by molar-refractivity contribution is 5.68. The van der Waals surface area contributed by atoms with Gasteiger partial charge in [-0.2, -0.15) is 9.78 Å². The summed E-state index contributed by atoms with van der Waals surface area (Å²) in [5.41, 5.74) is 2.40. The van der Waals surface area contributed by atoms with Crippen molar-refractivity contribution in [3.05, 3.63) is 17.0 Å². The highest BCUT2D eigenvalue weighted by Crippen LogP contribution is 2.09. The fourth-order valence-electron chi connectivity index (χ4n) is 0.907. The predicted octanol–water partition coefficient (Wildman–Crippen LogP) is 1.33. The molecule has 0 unspecified atom stereocenters.